The van der Waals surface area contributed by atoms with E-state index in [1.165, 1.54) is 0 Å². The second kappa shape index (κ2) is 8.67. The van der Waals surface area contributed by atoms with Gasteiger partial charge in [-0.3, -0.25) is 4.79 Å². The number of amides is 1. The van der Waals surface area contributed by atoms with Crippen LogP contribution in [0.2, 0.25) is 0 Å². The van der Waals surface area contributed by atoms with Crippen LogP contribution in [0.25, 0.3) is 0 Å². The fraction of sp³-hybridized carbons (Fsp3) is 0.381. The Morgan fingerprint density at radius 2 is 1.76 bits per heavy atom. The molecule has 1 N–H and O–H groups in total. The summed E-state index contributed by atoms with van der Waals surface area (Å²) in [6.45, 7) is 5.93. The van der Waals surface area contributed by atoms with E-state index in [1.54, 1.807) is 0 Å². The molecule has 4 heteroatoms. The quantitative estimate of drug-likeness (QED) is 0.877. The van der Waals surface area contributed by atoms with Crippen LogP contribution in [-0.2, 0) is 6.61 Å². The van der Waals surface area contributed by atoms with Gasteiger partial charge in [0.1, 0.15) is 12.4 Å². The van der Waals surface area contributed by atoms with Crippen molar-refractivity contribution in [3.63, 3.8) is 0 Å². The van der Waals surface area contributed by atoms with E-state index >= 15 is 0 Å². The molecular formula is C21H26N2O2. The Hall–Kier alpha value is -2.33. The van der Waals surface area contributed by atoms with Gasteiger partial charge in [0, 0.05) is 24.7 Å². The van der Waals surface area contributed by atoms with Gasteiger partial charge in [-0.1, -0.05) is 37.3 Å². The molecule has 2 aromatic carbocycles. The summed E-state index contributed by atoms with van der Waals surface area (Å²) in [7, 11) is 0. The zero-order chi connectivity index (χ0) is 17.5. The zero-order valence-electron chi connectivity index (χ0n) is 14.8. The van der Waals surface area contributed by atoms with Crippen LogP contribution in [-0.4, -0.2) is 36.5 Å². The molecule has 25 heavy (non-hydrogen) atoms. The molecular weight excluding hydrogens is 312 g/mol. The van der Waals surface area contributed by atoms with Crippen molar-refractivity contribution in [2.75, 3.05) is 19.6 Å². The first-order chi connectivity index (χ1) is 12.2. The topological polar surface area (TPSA) is 41.6 Å². The summed E-state index contributed by atoms with van der Waals surface area (Å²) in [5.41, 5.74) is 1.81. The molecule has 0 saturated carbocycles. The summed E-state index contributed by atoms with van der Waals surface area (Å²) >= 11 is 0. The molecule has 0 bridgehead atoms. The molecule has 1 heterocycles. The van der Waals surface area contributed by atoms with E-state index in [1.807, 2.05) is 54.6 Å². The van der Waals surface area contributed by atoms with Crippen LogP contribution in [0, 0.1) is 0 Å². The van der Waals surface area contributed by atoms with E-state index in [4.69, 9.17) is 4.74 Å². The minimum absolute atomic E-state index is 0.00422. The van der Waals surface area contributed by atoms with Crippen LogP contribution >= 0.6 is 0 Å². The van der Waals surface area contributed by atoms with E-state index in [-0.39, 0.29) is 11.9 Å². The number of rotatable bonds is 6. The second-order valence-corrected chi connectivity index (χ2v) is 6.48. The van der Waals surface area contributed by atoms with E-state index in [2.05, 4.69) is 17.1 Å². The Labute approximate surface area is 149 Å². The molecule has 1 amide bonds. The van der Waals surface area contributed by atoms with Crippen LogP contribution in [0.4, 0.5) is 0 Å². The van der Waals surface area contributed by atoms with Gasteiger partial charge < -0.3 is 15.0 Å². The standard InChI is InChI=1S/C21H26N2O2/c1-2-23-14-12-19(13-15-23)22-21(24)18-8-10-20(11-9-18)25-16-17-6-4-3-5-7-17/h3-11,19H,2,12-16H2,1H3,(H,22,24). The number of nitrogens with one attached hydrogen (secondary N) is 1. The van der Waals surface area contributed by atoms with Crippen LogP contribution in [0.1, 0.15) is 35.7 Å². The summed E-state index contributed by atoms with van der Waals surface area (Å²) < 4.78 is 5.76. The summed E-state index contributed by atoms with van der Waals surface area (Å²) in [5, 5.41) is 3.15. The highest BCUT2D eigenvalue weighted by Crippen LogP contribution is 2.15. The highest BCUT2D eigenvalue weighted by Gasteiger charge is 2.20. The van der Waals surface area contributed by atoms with Crippen molar-refractivity contribution in [3.05, 3.63) is 65.7 Å². The third-order valence-corrected chi connectivity index (χ3v) is 4.73. The molecule has 2 aromatic rings. The number of carbonyl (C=O) groups is 1. The van der Waals surface area contributed by atoms with Crippen molar-refractivity contribution >= 4 is 5.91 Å². The summed E-state index contributed by atoms with van der Waals surface area (Å²) in [4.78, 5) is 14.8. The van der Waals surface area contributed by atoms with Gasteiger partial charge in [0.25, 0.3) is 5.91 Å². The number of hydrogen-bond donors (Lipinski definition) is 1. The smallest absolute Gasteiger partial charge is 0.251 e. The zero-order valence-corrected chi connectivity index (χ0v) is 14.8. The Morgan fingerprint density at radius 3 is 2.40 bits per heavy atom. The van der Waals surface area contributed by atoms with Crippen molar-refractivity contribution in [3.8, 4) is 5.75 Å². The maximum Gasteiger partial charge on any atom is 0.251 e. The highest BCUT2D eigenvalue weighted by atomic mass is 16.5. The van der Waals surface area contributed by atoms with Gasteiger partial charge in [0.2, 0.25) is 0 Å². The Bertz CT molecular complexity index is 662. The third-order valence-electron chi connectivity index (χ3n) is 4.73. The molecule has 1 fully saturated rings. The largest absolute Gasteiger partial charge is 0.489 e. The molecule has 3 rings (SSSR count). The monoisotopic (exact) mass is 338 g/mol. The molecule has 1 saturated heterocycles. The number of likely N-dealkylation sites (tertiary alicyclic amines) is 1. The lowest BCUT2D eigenvalue weighted by molar-refractivity contribution is 0.0912. The minimum Gasteiger partial charge on any atom is -0.489 e. The average Bonchev–Trinajstić information content (AvgIpc) is 2.68. The fourth-order valence-electron chi connectivity index (χ4n) is 3.11. The van der Waals surface area contributed by atoms with Crippen molar-refractivity contribution in [2.45, 2.75) is 32.4 Å². The third kappa shape index (κ3) is 5.07. The van der Waals surface area contributed by atoms with Crippen molar-refractivity contribution < 1.29 is 9.53 Å². The van der Waals surface area contributed by atoms with E-state index in [0.717, 1.165) is 43.8 Å². The first-order valence-corrected chi connectivity index (χ1v) is 9.04. The van der Waals surface area contributed by atoms with Crippen LogP contribution in [0.15, 0.2) is 54.6 Å². The van der Waals surface area contributed by atoms with E-state index in [9.17, 15) is 4.79 Å². The Morgan fingerprint density at radius 1 is 1.08 bits per heavy atom. The maximum atomic E-state index is 12.4. The second-order valence-electron chi connectivity index (χ2n) is 6.48. The number of hydrogen-bond acceptors (Lipinski definition) is 3. The Balaban J connectivity index is 1.49. The molecule has 0 aromatic heterocycles. The van der Waals surface area contributed by atoms with E-state index in [0.29, 0.717) is 12.2 Å². The van der Waals surface area contributed by atoms with Crippen LogP contribution in [0.3, 0.4) is 0 Å². The molecule has 132 valence electrons. The van der Waals surface area contributed by atoms with Gasteiger partial charge in [0.15, 0.2) is 0 Å². The number of nitrogens with zero attached hydrogens (tertiary/aromatic N) is 1. The number of piperidine rings is 1. The van der Waals surface area contributed by atoms with Gasteiger partial charge in [-0.05, 0) is 49.2 Å². The van der Waals surface area contributed by atoms with Gasteiger partial charge >= 0.3 is 0 Å². The van der Waals surface area contributed by atoms with Crippen LogP contribution < -0.4 is 10.1 Å². The van der Waals surface area contributed by atoms with Crippen molar-refractivity contribution in [1.29, 1.82) is 0 Å². The van der Waals surface area contributed by atoms with Gasteiger partial charge in [0.05, 0.1) is 0 Å². The van der Waals surface area contributed by atoms with E-state index < -0.39 is 0 Å². The normalized spacial score (nSPS) is 15.7. The Kier molecular flexibility index (Phi) is 6.07. The SMILES string of the molecule is CCN1CCC(NC(=O)c2ccc(OCc3ccccc3)cc2)CC1. The molecule has 0 radical (unpaired) electrons. The summed E-state index contributed by atoms with van der Waals surface area (Å²) in [6, 6.07) is 17.7. The molecule has 0 atom stereocenters. The highest BCUT2D eigenvalue weighted by molar-refractivity contribution is 5.94. The number of ether oxygens (including phenoxy) is 1. The maximum absolute atomic E-state index is 12.4. The van der Waals surface area contributed by atoms with Gasteiger partial charge in [-0.2, -0.15) is 0 Å². The van der Waals surface area contributed by atoms with Gasteiger partial charge in [-0.25, -0.2) is 0 Å². The lowest BCUT2D eigenvalue weighted by Gasteiger charge is -2.31. The summed E-state index contributed by atoms with van der Waals surface area (Å²) in [5.74, 6) is 0.779. The van der Waals surface area contributed by atoms with Crippen molar-refractivity contribution in [1.82, 2.24) is 10.2 Å². The fourth-order valence-corrected chi connectivity index (χ4v) is 3.11. The lowest BCUT2D eigenvalue weighted by atomic mass is 10.0. The molecule has 1 aliphatic heterocycles. The lowest BCUT2D eigenvalue weighted by Crippen LogP contribution is -2.44. The minimum atomic E-state index is 0.00422. The summed E-state index contributed by atoms with van der Waals surface area (Å²) in [6.07, 6.45) is 2.05. The number of benzene rings is 2. The first-order valence-electron chi connectivity index (χ1n) is 9.04. The molecule has 0 unspecified atom stereocenters. The number of carbonyl (C=O) groups excluding carboxylic acids is 1. The molecule has 0 spiro atoms. The van der Waals surface area contributed by atoms with Crippen molar-refractivity contribution in [2.24, 2.45) is 0 Å². The molecule has 0 aliphatic carbocycles. The van der Waals surface area contributed by atoms with Gasteiger partial charge in [-0.15, -0.1) is 0 Å². The molecule has 1 aliphatic rings. The first kappa shape index (κ1) is 17.5. The predicted molar refractivity (Wildman–Crippen MR) is 99.8 cm³/mol. The van der Waals surface area contributed by atoms with Crippen LogP contribution in [0.5, 0.6) is 5.75 Å². The molecule has 4 nitrogen and oxygen atoms in total. The predicted octanol–water partition coefficient (Wildman–Crippen LogP) is 3.48. The average molecular weight is 338 g/mol.